The Morgan fingerprint density at radius 3 is 0.637 bits per heavy atom. The first-order valence-corrected chi connectivity index (χ1v) is 24.3. The van der Waals surface area contributed by atoms with E-state index in [9.17, 15) is 42.1 Å². The van der Waals surface area contributed by atoms with Crippen LogP contribution < -0.4 is 0 Å². The van der Waals surface area contributed by atoms with Crippen LogP contribution in [0.1, 0.15) is 69.2 Å². The summed E-state index contributed by atoms with van der Waals surface area (Å²) >= 11 is 0. The van der Waals surface area contributed by atoms with Crippen molar-refractivity contribution in [3.8, 4) is 48.6 Å². The molecule has 0 spiro atoms. The zero-order chi connectivity index (χ0) is 56.1. The molecule has 0 fully saturated rings. The van der Waals surface area contributed by atoms with Crippen LogP contribution in [0.5, 0.6) is 0 Å². The van der Waals surface area contributed by atoms with Crippen molar-refractivity contribution in [2.45, 2.75) is 23.7 Å². The van der Waals surface area contributed by atoms with Crippen LogP contribution in [0.15, 0.2) is 90.7 Å². The number of ether oxygens (including phenoxy) is 8. The first-order valence-electron chi connectivity index (χ1n) is 24.3. The van der Waals surface area contributed by atoms with Crippen LogP contribution >= 0.6 is 0 Å². The summed E-state index contributed by atoms with van der Waals surface area (Å²) in [6.45, 7) is 0. The minimum atomic E-state index is -1.13. The predicted octanol–water partition coefficient (Wildman–Crippen LogP) is 6.02. The molecule has 24 nitrogen and oxygen atoms in total. The third-order valence-electron chi connectivity index (χ3n) is 16.5. The van der Waals surface area contributed by atoms with E-state index in [2.05, 4.69) is 58.5 Å². The van der Waals surface area contributed by atoms with Gasteiger partial charge in [-0.2, -0.15) is 42.1 Å². The normalized spacial score (nSPS) is 24.9. The number of fused-ring (bicyclic) bond motifs is 8. The molecule has 0 radical (unpaired) electrons. The maximum atomic E-state index is 10.9. The van der Waals surface area contributed by atoms with Crippen molar-refractivity contribution < 1.29 is 37.9 Å². The third-order valence-corrected chi connectivity index (χ3v) is 16.5. The summed E-state index contributed by atoms with van der Waals surface area (Å²) < 4.78 is 48.2. The molecule has 24 heteroatoms. The standard InChI is InChI=1S/C56H34N16O8/c1-73-41-25-17(9-57)18(10-58)26(42(41)74-2)34-33(25)49-65-50(34)70-52-37-29-21(13-61)22(14-62)30(46(78-6)45(29)77-5)38(37)54(67-52)72-56-40-32-24(16-64)23(15-63)31(47(79-7)48(32)80-8)39(40)55(68-56)71-53-36-28-20(12-60)19(11-59)27(35(36)51(66-53)69-49)43(75-3)44(28)76-4/h25-32H,1-8H3,(H2,65,66,67,68,69,70,71,72). The van der Waals surface area contributed by atoms with Crippen LogP contribution in [0, 0.1) is 114 Å². The summed E-state index contributed by atoms with van der Waals surface area (Å²) in [6.07, 6.45) is 0. The number of rotatable bonds is 8. The highest BCUT2D eigenvalue weighted by atomic mass is 16.5. The van der Waals surface area contributed by atoms with Crippen molar-refractivity contribution in [3.63, 3.8) is 0 Å². The van der Waals surface area contributed by atoms with E-state index in [0.717, 1.165) is 0 Å². The number of allylic oxidation sites excluding steroid dienone is 8. The number of nitrogens with one attached hydrogen (secondary N) is 2. The van der Waals surface area contributed by atoms with Gasteiger partial charge in [-0.05, 0) is 0 Å². The third kappa shape index (κ3) is 5.48. The van der Waals surface area contributed by atoms with Crippen LogP contribution in [-0.2, 0) is 37.9 Å². The number of aromatic amines is 2. The lowest BCUT2D eigenvalue weighted by Crippen LogP contribution is -2.32. The van der Waals surface area contributed by atoms with Gasteiger partial charge in [0.15, 0.2) is 23.3 Å². The summed E-state index contributed by atoms with van der Waals surface area (Å²) in [7, 11) is 11.3. The minimum absolute atomic E-state index is 0.0210. The van der Waals surface area contributed by atoms with E-state index >= 15 is 0 Å². The molecule has 0 saturated carbocycles. The molecule has 386 valence electrons. The van der Waals surface area contributed by atoms with Crippen LogP contribution in [0.25, 0.3) is 44.9 Å². The summed E-state index contributed by atoms with van der Waals surface area (Å²) in [5, 5.41) is 87.3. The average molecular weight is 1060 g/mol. The molecule has 14 aliphatic rings. The Hall–Kier alpha value is -11.4. The van der Waals surface area contributed by atoms with Crippen LogP contribution in [0.4, 0.5) is 0 Å². The van der Waals surface area contributed by atoms with E-state index in [1.54, 1.807) is 0 Å². The van der Waals surface area contributed by atoms with Gasteiger partial charge >= 0.3 is 0 Å². The van der Waals surface area contributed by atoms with E-state index < -0.39 is 47.3 Å². The van der Waals surface area contributed by atoms with Gasteiger partial charge in [0.05, 0.1) is 197 Å². The van der Waals surface area contributed by atoms with Crippen LogP contribution in [0.3, 0.4) is 0 Å². The second-order valence-corrected chi connectivity index (χ2v) is 19.1. The van der Waals surface area contributed by atoms with Gasteiger partial charge in [-0.1, -0.05) is 0 Å². The zero-order valence-corrected chi connectivity index (χ0v) is 43.1. The highest BCUT2D eigenvalue weighted by Gasteiger charge is 2.57. The molecule has 5 heterocycles. The molecule has 0 aromatic carbocycles. The number of nitriles is 8. The van der Waals surface area contributed by atoms with Crippen molar-refractivity contribution in [1.82, 2.24) is 39.9 Å². The fourth-order valence-electron chi connectivity index (χ4n) is 13.7. The molecular weight excluding hydrogens is 1020 g/mol. The lowest BCUT2D eigenvalue weighted by molar-refractivity contribution is 0.184. The van der Waals surface area contributed by atoms with E-state index in [0.29, 0.717) is 44.5 Å². The molecule has 17 rings (SSSR count). The molecule has 12 aliphatic carbocycles. The summed E-state index contributed by atoms with van der Waals surface area (Å²) in [4.78, 5) is 38.2. The predicted molar refractivity (Wildman–Crippen MR) is 268 cm³/mol. The molecule has 3 aromatic heterocycles. The molecule has 8 atom stereocenters. The molecule has 0 saturated heterocycles. The molecule has 80 heavy (non-hydrogen) atoms. The van der Waals surface area contributed by atoms with Gasteiger partial charge in [-0.15, -0.1) is 0 Å². The highest BCUT2D eigenvalue weighted by molar-refractivity contribution is 6.03. The van der Waals surface area contributed by atoms with Gasteiger partial charge in [-0.25, -0.2) is 29.9 Å². The Bertz CT molecular complexity index is 4230. The topological polar surface area (TPSA) is 373 Å². The van der Waals surface area contributed by atoms with Gasteiger partial charge in [0, 0.05) is 44.5 Å². The first kappa shape index (κ1) is 48.2. The van der Waals surface area contributed by atoms with Crippen LogP contribution in [0.2, 0.25) is 0 Å². The van der Waals surface area contributed by atoms with E-state index in [1.165, 1.54) is 56.9 Å². The van der Waals surface area contributed by atoms with Crippen molar-refractivity contribution in [2.24, 2.45) is 23.7 Å². The summed E-state index contributed by atoms with van der Waals surface area (Å²) in [5.74, 6) is -7.37. The molecule has 0 amide bonds. The van der Waals surface area contributed by atoms with Crippen molar-refractivity contribution in [2.75, 3.05) is 56.9 Å². The Labute approximate surface area is 452 Å². The monoisotopic (exact) mass is 1060 g/mol. The lowest BCUT2D eigenvalue weighted by Gasteiger charge is -2.38. The molecule has 2 aliphatic heterocycles. The fourth-order valence-corrected chi connectivity index (χ4v) is 13.7. The Morgan fingerprint density at radius 1 is 0.263 bits per heavy atom. The number of methoxy groups -OCH3 is 8. The maximum absolute atomic E-state index is 10.9. The number of hydrogen-bond acceptors (Lipinski definition) is 22. The Morgan fingerprint density at radius 2 is 0.438 bits per heavy atom. The zero-order valence-electron chi connectivity index (χ0n) is 43.1. The fraction of sp³-hybridized carbons (Fsp3) is 0.286. The molecular formula is C56H34N16O8. The average Bonchev–Trinajstić information content (AvgIpc) is 4.30. The quantitative estimate of drug-likeness (QED) is 0.260. The molecule has 2 N–H and O–H groups in total. The van der Waals surface area contributed by atoms with Gasteiger partial charge in [0.25, 0.3) is 0 Å². The lowest BCUT2D eigenvalue weighted by atomic mass is 9.66. The number of hydrogen-bond donors (Lipinski definition) is 2. The van der Waals surface area contributed by atoms with Gasteiger partial charge in [-0.3, -0.25) is 0 Å². The van der Waals surface area contributed by atoms with E-state index in [-0.39, 0.29) is 137 Å². The molecule has 3 aromatic rings. The first-order chi connectivity index (χ1) is 39.0. The van der Waals surface area contributed by atoms with Gasteiger partial charge < -0.3 is 47.9 Å². The van der Waals surface area contributed by atoms with Gasteiger partial charge in [0.2, 0.25) is 0 Å². The molecule has 8 unspecified atom stereocenters. The van der Waals surface area contributed by atoms with Crippen molar-refractivity contribution in [3.05, 3.63) is 136 Å². The highest BCUT2D eigenvalue weighted by Crippen LogP contribution is 2.63. The number of aromatic nitrogens is 8. The van der Waals surface area contributed by atoms with Crippen molar-refractivity contribution in [1.29, 1.82) is 42.1 Å². The number of nitrogens with zero attached hydrogens (tertiary/aromatic N) is 14. The van der Waals surface area contributed by atoms with Gasteiger partial charge in [0.1, 0.15) is 68.7 Å². The Kier molecular flexibility index (Phi) is 10.3. The minimum Gasteiger partial charge on any atom is -0.497 e. The van der Waals surface area contributed by atoms with E-state index in [4.69, 9.17) is 67.8 Å². The summed E-state index contributed by atoms with van der Waals surface area (Å²) in [5.41, 5.74) is 3.42. The largest absolute Gasteiger partial charge is 0.497 e. The second kappa shape index (κ2) is 17.0. The van der Waals surface area contributed by atoms with Crippen LogP contribution in [-0.4, -0.2) is 96.8 Å². The van der Waals surface area contributed by atoms with E-state index in [1.807, 2.05) is 0 Å². The number of H-pyrrole nitrogens is 2. The maximum Gasteiger partial charge on any atom is 0.161 e. The van der Waals surface area contributed by atoms with Crippen molar-refractivity contribution >= 4 is 44.9 Å². The SMILES string of the molecule is COC1=C(OC)C2C(C#N)=C(C#N)C1C1=C2c2nc1nc1nc(nc3[nH]c(nc4[nH]c(n2)c2c4C4C(C#N)=C(C#N)C2C(OC)=C4OC)c2c3C3C(C#N)=C(C#N)C2C(OC)=C3OC)C2=C1C1C(C#N)=C(C#N)C2C(OC)=C1OC. The smallest absolute Gasteiger partial charge is 0.161 e. The summed E-state index contributed by atoms with van der Waals surface area (Å²) in [6, 6.07) is 17.9. The second-order valence-electron chi connectivity index (χ2n) is 19.1. The Balaban J connectivity index is 1.25. The molecule has 16 bridgehead atoms.